The Morgan fingerprint density at radius 3 is 2.50 bits per heavy atom. The van der Waals surface area contributed by atoms with Crippen LogP contribution >= 0.6 is 0 Å². The Labute approximate surface area is 140 Å². The summed E-state index contributed by atoms with van der Waals surface area (Å²) in [5, 5.41) is 0.228. The molecule has 24 heavy (non-hydrogen) atoms. The Morgan fingerprint density at radius 1 is 1.12 bits per heavy atom. The van der Waals surface area contributed by atoms with E-state index in [1.807, 2.05) is 6.92 Å². The molecular formula is C16H21N3O4S. The van der Waals surface area contributed by atoms with Crippen LogP contribution in [0.15, 0.2) is 32.7 Å². The first-order valence-electron chi connectivity index (χ1n) is 7.93. The molecule has 0 spiro atoms. The minimum absolute atomic E-state index is 0.0971. The summed E-state index contributed by atoms with van der Waals surface area (Å²) in [5.41, 5.74) is -0.501. The number of benzene rings is 1. The van der Waals surface area contributed by atoms with Crippen LogP contribution in [0.2, 0.25) is 0 Å². The van der Waals surface area contributed by atoms with E-state index in [1.54, 1.807) is 7.05 Å². The predicted octanol–water partition coefficient (Wildman–Crippen LogP) is 0.658. The average molecular weight is 351 g/mol. The predicted molar refractivity (Wildman–Crippen MR) is 91.6 cm³/mol. The average Bonchev–Trinajstić information content (AvgIpc) is 2.57. The molecule has 2 aromatic rings. The molecule has 0 aliphatic carbocycles. The van der Waals surface area contributed by atoms with E-state index < -0.39 is 21.3 Å². The highest BCUT2D eigenvalue weighted by molar-refractivity contribution is 7.89. The first-order valence-corrected chi connectivity index (χ1v) is 9.37. The zero-order valence-electron chi connectivity index (χ0n) is 14.0. The van der Waals surface area contributed by atoms with Gasteiger partial charge in [0.1, 0.15) is 0 Å². The highest BCUT2D eigenvalue weighted by atomic mass is 32.2. The number of sulfonamides is 1. The normalized spacial score (nSPS) is 19.7. The summed E-state index contributed by atoms with van der Waals surface area (Å²) in [7, 11) is -0.695. The highest BCUT2D eigenvalue weighted by Crippen LogP contribution is 2.24. The van der Waals surface area contributed by atoms with Gasteiger partial charge in [-0.05, 0) is 37.0 Å². The van der Waals surface area contributed by atoms with E-state index >= 15 is 0 Å². The van der Waals surface area contributed by atoms with Gasteiger partial charge >= 0.3 is 5.69 Å². The summed E-state index contributed by atoms with van der Waals surface area (Å²) in [6.45, 7) is 3.02. The molecule has 0 N–H and O–H groups in total. The van der Waals surface area contributed by atoms with Gasteiger partial charge in [-0.25, -0.2) is 13.2 Å². The molecule has 0 amide bonds. The van der Waals surface area contributed by atoms with Gasteiger partial charge in [-0.3, -0.25) is 13.9 Å². The maximum Gasteiger partial charge on any atom is 0.330 e. The standard InChI is InChI=1S/C16H21N3O4S/c1-11-5-4-8-19(10-11)24(22,23)12-6-7-14-13(9-12)15(20)18(3)16(21)17(14)2/h6-7,9,11H,4-5,8,10H2,1-3H3. The fourth-order valence-electron chi connectivity index (χ4n) is 3.25. The molecule has 1 aliphatic heterocycles. The van der Waals surface area contributed by atoms with Gasteiger partial charge in [0.2, 0.25) is 10.0 Å². The molecule has 7 nitrogen and oxygen atoms in total. The summed E-state index contributed by atoms with van der Waals surface area (Å²) in [5.74, 6) is 0.322. The smallest absolute Gasteiger partial charge is 0.296 e. The largest absolute Gasteiger partial charge is 0.330 e. The highest BCUT2D eigenvalue weighted by Gasteiger charge is 2.29. The molecule has 1 saturated heterocycles. The maximum atomic E-state index is 12.9. The molecular weight excluding hydrogens is 330 g/mol. The van der Waals surface area contributed by atoms with Gasteiger partial charge in [-0.2, -0.15) is 4.31 Å². The van der Waals surface area contributed by atoms with E-state index in [4.69, 9.17) is 0 Å². The molecule has 8 heteroatoms. The Morgan fingerprint density at radius 2 is 1.83 bits per heavy atom. The van der Waals surface area contributed by atoms with E-state index in [0.29, 0.717) is 24.5 Å². The Balaban J connectivity index is 2.18. The fraction of sp³-hybridized carbons (Fsp3) is 0.500. The summed E-state index contributed by atoms with van der Waals surface area (Å²) < 4.78 is 29.6. The summed E-state index contributed by atoms with van der Waals surface area (Å²) in [6.07, 6.45) is 1.86. The van der Waals surface area contributed by atoms with E-state index in [9.17, 15) is 18.0 Å². The number of piperidine rings is 1. The van der Waals surface area contributed by atoms with Crippen molar-refractivity contribution in [2.45, 2.75) is 24.7 Å². The van der Waals surface area contributed by atoms with Gasteiger partial charge in [0.15, 0.2) is 0 Å². The second-order valence-electron chi connectivity index (χ2n) is 6.50. The van der Waals surface area contributed by atoms with E-state index in [0.717, 1.165) is 17.4 Å². The van der Waals surface area contributed by atoms with Crippen molar-refractivity contribution in [3.05, 3.63) is 39.0 Å². The SMILES string of the molecule is CC1CCCN(S(=O)(=O)c2ccc3c(c2)c(=O)n(C)c(=O)n3C)C1. The van der Waals surface area contributed by atoms with Crippen LogP contribution < -0.4 is 11.2 Å². The molecule has 2 heterocycles. The number of rotatable bonds is 2. The van der Waals surface area contributed by atoms with Crippen molar-refractivity contribution in [3.8, 4) is 0 Å². The molecule has 0 radical (unpaired) electrons. The summed E-state index contributed by atoms with van der Waals surface area (Å²) in [6, 6.07) is 4.37. The van der Waals surface area contributed by atoms with Crippen molar-refractivity contribution in [2.24, 2.45) is 20.0 Å². The summed E-state index contributed by atoms with van der Waals surface area (Å²) >= 11 is 0. The number of aryl methyl sites for hydroxylation is 1. The Kier molecular flexibility index (Phi) is 4.13. The third kappa shape index (κ3) is 2.59. The Hall–Kier alpha value is -1.93. The van der Waals surface area contributed by atoms with Gasteiger partial charge in [-0.15, -0.1) is 0 Å². The number of aromatic nitrogens is 2. The van der Waals surface area contributed by atoms with Crippen LogP contribution in [0, 0.1) is 5.92 Å². The minimum atomic E-state index is -3.64. The molecule has 1 unspecified atom stereocenters. The van der Waals surface area contributed by atoms with Crippen molar-refractivity contribution in [3.63, 3.8) is 0 Å². The summed E-state index contributed by atoms with van der Waals surface area (Å²) in [4.78, 5) is 24.4. The monoisotopic (exact) mass is 351 g/mol. The van der Waals surface area contributed by atoms with Crippen LogP contribution in [-0.4, -0.2) is 34.9 Å². The molecule has 1 atom stereocenters. The van der Waals surface area contributed by atoms with Crippen LogP contribution in [0.5, 0.6) is 0 Å². The molecule has 0 bridgehead atoms. The van der Waals surface area contributed by atoms with E-state index in [-0.39, 0.29) is 10.3 Å². The second-order valence-corrected chi connectivity index (χ2v) is 8.43. The Bertz CT molecular complexity index is 1020. The van der Waals surface area contributed by atoms with Crippen molar-refractivity contribution >= 4 is 20.9 Å². The van der Waals surface area contributed by atoms with Crippen LogP contribution in [0.1, 0.15) is 19.8 Å². The van der Waals surface area contributed by atoms with Gasteiger partial charge in [0.05, 0.1) is 15.8 Å². The van der Waals surface area contributed by atoms with Crippen LogP contribution in [0.4, 0.5) is 0 Å². The topological polar surface area (TPSA) is 81.4 Å². The molecule has 3 rings (SSSR count). The first-order chi connectivity index (χ1) is 11.2. The fourth-order valence-corrected chi connectivity index (χ4v) is 4.87. The van der Waals surface area contributed by atoms with Crippen molar-refractivity contribution in [2.75, 3.05) is 13.1 Å². The van der Waals surface area contributed by atoms with Crippen LogP contribution in [0.3, 0.4) is 0 Å². The molecule has 1 fully saturated rings. The van der Waals surface area contributed by atoms with Crippen molar-refractivity contribution in [1.29, 1.82) is 0 Å². The number of fused-ring (bicyclic) bond motifs is 1. The zero-order chi connectivity index (χ0) is 17.6. The number of nitrogens with zero attached hydrogens (tertiary/aromatic N) is 3. The van der Waals surface area contributed by atoms with E-state index in [1.165, 1.54) is 34.1 Å². The van der Waals surface area contributed by atoms with Gasteiger partial charge < -0.3 is 0 Å². The molecule has 1 aliphatic rings. The number of hydrogen-bond acceptors (Lipinski definition) is 4. The molecule has 1 aromatic carbocycles. The maximum absolute atomic E-state index is 12.9. The van der Waals surface area contributed by atoms with Gasteiger partial charge in [0.25, 0.3) is 5.56 Å². The lowest BCUT2D eigenvalue weighted by Gasteiger charge is -2.30. The van der Waals surface area contributed by atoms with Gasteiger partial charge in [-0.1, -0.05) is 6.92 Å². The third-order valence-electron chi connectivity index (χ3n) is 4.70. The zero-order valence-corrected chi connectivity index (χ0v) is 14.8. The quantitative estimate of drug-likeness (QED) is 0.796. The third-order valence-corrected chi connectivity index (χ3v) is 6.56. The van der Waals surface area contributed by atoms with Crippen LogP contribution in [-0.2, 0) is 24.1 Å². The molecule has 1 aromatic heterocycles. The van der Waals surface area contributed by atoms with Crippen LogP contribution in [0.25, 0.3) is 10.9 Å². The van der Waals surface area contributed by atoms with E-state index in [2.05, 4.69) is 0 Å². The second kappa shape index (κ2) is 5.86. The first kappa shape index (κ1) is 16.9. The lowest BCUT2D eigenvalue weighted by Crippen LogP contribution is -2.39. The lowest BCUT2D eigenvalue weighted by atomic mass is 10.0. The molecule has 130 valence electrons. The minimum Gasteiger partial charge on any atom is -0.296 e. The van der Waals surface area contributed by atoms with Crippen molar-refractivity contribution < 1.29 is 8.42 Å². The lowest BCUT2D eigenvalue weighted by molar-refractivity contribution is 0.281. The van der Waals surface area contributed by atoms with Gasteiger partial charge in [0, 0.05) is 27.2 Å². The van der Waals surface area contributed by atoms with Crippen molar-refractivity contribution in [1.82, 2.24) is 13.4 Å². The number of hydrogen-bond donors (Lipinski definition) is 0. The molecule has 0 saturated carbocycles.